The van der Waals surface area contributed by atoms with Crippen LogP contribution in [0.25, 0.3) is 0 Å². The molecular formula is C11H19NO4. The number of hydrogen-bond acceptors (Lipinski definition) is 4. The molecule has 1 heterocycles. The summed E-state index contributed by atoms with van der Waals surface area (Å²) in [6.45, 7) is 0.206. The van der Waals surface area contributed by atoms with Gasteiger partial charge in [0, 0.05) is 19.4 Å². The van der Waals surface area contributed by atoms with Gasteiger partial charge in [0.1, 0.15) is 0 Å². The van der Waals surface area contributed by atoms with Gasteiger partial charge in [0.25, 0.3) is 0 Å². The SMILES string of the molecule is O=C1CCCC(=O)N1CCCCC(O)CO. The number of imide groups is 1. The minimum atomic E-state index is -0.687. The summed E-state index contributed by atoms with van der Waals surface area (Å²) in [6.07, 6.45) is 2.81. The zero-order valence-electron chi connectivity index (χ0n) is 9.39. The van der Waals surface area contributed by atoms with E-state index in [1.54, 1.807) is 0 Å². The summed E-state index contributed by atoms with van der Waals surface area (Å²) in [7, 11) is 0. The molecule has 1 saturated heterocycles. The molecule has 1 rings (SSSR count). The summed E-state index contributed by atoms with van der Waals surface area (Å²) in [6, 6.07) is 0. The van der Waals surface area contributed by atoms with E-state index in [-0.39, 0.29) is 18.4 Å². The first-order chi connectivity index (χ1) is 7.65. The van der Waals surface area contributed by atoms with Crippen molar-refractivity contribution in [2.75, 3.05) is 13.2 Å². The van der Waals surface area contributed by atoms with Crippen molar-refractivity contribution in [3.05, 3.63) is 0 Å². The molecule has 0 bridgehead atoms. The zero-order valence-corrected chi connectivity index (χ0v) is 9.39. The van der Waals surface area contributed by atoms with Crippen LogP contribution in [-0.2, 0) is 9.59 Å². The molecule has 0 aromatic heterocycles. The van der Waals surface area contributed by atoms with Crippen molar-refractivity contribution >= 4 is 11.8 Å². The Labute approximate surface area is 95.1 Å². The van der Waals surface area contributed by atoms with Gasteiger partial charge < -0.3 is 10.2 Å². The standard InChI is InChI=1S/C11H19NO4/c13-8-9(14)4-1-2-7-12-10(15)5-3-6-11(12)16/h9,13-14H,1-8H2. The summed E-state index contributed by atoms with van der Waals surface area (Å²) in [5.41, 5.74) is 0. The van der Waals surface area contributed by atoms with Gasteiger partial charge in [-0.1, -0.05) is 0 Å². The minimum absolute atomic E-state index is 0.0843. The highest BCUT2D eigenvalue weighted by Gasteiger charge is 2.24. The van der Waals surface area contributed by atoms with Gasteiger partial charge in [-0.3, -0.25) is 14.5 Å². The van der Waals surface area contributed by atoms with Crippen LogP contribution < -0.4 is 0 Å². The second kappa shape index (κ2) is 6.60. The van der Waals surface area contributed by atoms with Crippen LogP contribution in [0.3, 0.4) is 0 Å². The molecule has 0 aliphatic carbocycles. The van der Waals surface area contributed by atoms with Crippen molar-refractivity contribution in [2.24, 2.45) is 0 Å². The van der Waals surface area contributed by atoms with Crippen LogP contribution >= 0.6 is 0 Å². The third-order valence-electron chi connectivity index (χ3n) is 2.76. The number of hydrogen-bond donors (Lipinski definition) is 2. The first-order valence-corrected chi connectivity index (χ1v) is 5.77. The lowest BCUT2D eigenvalue weighted by molar-refractivity contribution is -0.148. The molecule has 0 radical (unpaired) electrons. The predicted octanol–water partition coefficient (Wildman–Crippen LogP) is 0.0490. The third kappa shape index (κ3) is 3.90. The van der Waals surface area contributed by atoms with Crippen LogP contribution in [0.1, 0.15) is 38.5 Å². The maximum Gasteiger partial charge on any atom is 0.229 e. The van der Waals surface area contributed by atoms with Gasteiger partial charge >= 0.3 is 0 Å². The third-order valence-corrected chi connectivity index (χ3v) is 2.76. The van der Waals surface area contributed by atoms with Crippen molar-refractivity contribution in [1.29, 1.82) is 0 Å². The monoisotopic (exact) mass is 229 g/mol. The number of nitrogens with zero attached hydrogens (tertiary/aromatic N) is 1. The molecule has 0 saturated carbocycles. The van der Waals surface area contributed by atoms with Crippen LogP contribution in [0, 0.1) is 0 Å². The summed E-state index contributed by atoms with van der Waals surface area (Å²) < 4.78 is 0. The van der Waals surface area contributed by atoms with Gasteiger partial charge in [-0.2, -0.15) is 0 Å². The molecule has 1 unspecified atom stereocenters. The molecule has 2 N–H and O–H groups in total. The van der Waals surface area contributed by atoms with E-state index < -0.39 is 6.10 Å². The van der Waals surface area contributed by atoms with Gasteiger partial charge in [0.2, 0.25) is 11.8 Å². The van der Waals surface area contributed by atoms with E-state index in [0.717, 1.165) is 0 Å². The van der Waals surface area contributed by atoms with Gasteiger partial charge in [-0.05, 0) is 25.7 Å². The fourth-order valence-electron chi connectivity index (χ4n) is 1.79. The highest BCUT2D eigenvalue weighted by molar-refractivity contribution is 5.97. The Morgan fingerprint density at radius 2 is 1.81 bits per heavy atom. The smallest absolute Gasteiger partial charge is 0.229 e. The summed E-state index contributed by atoms with van der Waals surface area (Å²) in [5.74, 6) is -0.169. The Kier molecular flexibility index (Phi) is 5.42. The molecule has 1 aliphatic rings. The van der Waals surface area contributed by atoms with Crippen molar-refractivity contribution in [1.82, 2.24) is 4.90 Å². The van der Waals surface area contributed by atoms with Gasteiger partial charge in [-0.25, -0.2) is 0 Å². The first-order valence-electron chi connectivity index (χ1n) is 5.77. The lowest BCUT2D eigenvalue weighted by Gasteiger charge is -2.24. The van der Waals surface area contributed by atoms with Crippen molar-refractivity contribution in [2.45, 2.75) is 44.6 Å². The largest absolute Gasteiger partial charge is 0.394 e. The quantitative estimate of drug-likeness (QED) is 0.498. The van der Waals surface area contributed by atoms with Crippen LogP contribution in [0.5, 0.6) is 0 Å². The Balaban J connectivity index is 2.20. The van der Waals surface area contributed by atoms with Gasteiger partial charge in [-0.15, -0.1) is 0 Å². The van der Waals surface area contributed by atoms with E-state index in [1.807, 2.05) is 0 Å². The van der Waals surface area contributed by atoms with Gasteiger partial charge in [0.15, 0.2) is 0 Å². The lowest BCUT2D eigenvalue weighted by Crippen LogP contribution is -2.40. The summed E-state index contributed by atoms with van der Waals surface area (Å²) >= 11 is 0. The number of likely N-dealkylation sites (tertiary alicyclic amines) is 1. The van der Waals surface area contributed by atoms with Crippen LogP contribution in [0.4, 0.5) is 0 Å². The molecule has 1 aliphatic heterocycles. The van der Waals surface area contributed by atoms with E-state index in [0.29, 0.717) is 45.1 Å². The van der Waals surface area contributed by atoms with Crippen molar-refractivity contribution in [3.8, 4) is 0 Å². The summed E-state index contributed by atoms with van der Waals surface area (Å²) in [4.78, 5) is 24.1. The lowest BCUT2D eigenvalue weighted by atomic mass is 10.1. The van der Waals surface area contributed by atoms with E-state index in [1.165, 1.54) is 4.90 Å². The second-order valence-corrected chi connectivity index (χ2v) is 4.12. The van der Waals surface area contributed by atoms with Gasteiger partial charge in [0.05, 0.1) is 12.7 Å². The Hall–Kier alpha value is -0.940. The number of amides is 2. The van der Waals surface area contributed by atoms with Crippen LogP contribution in [-0.4, -0.2) is 46.2 Å². The maximum atomic E-state index is 11.4. The molecule has 5 heteroatoms. The van der Waals surface area contributed by atoms with E-state index >= 15 is 0 Å². The predicted molar refractivity (Wildman–Crippen MR) is 57.5 cm³/mol. The summed E-state index contributed by atoms with van der Waals surface area (Å²) in [5, 5.41) is 17.7. The highest BCUT2D eigenvalue weighted by Crippen LogP contribution is 2.13. The second-order valence-electron chi connectivity index (χ2n) is 4.12. The van der Waals surface area contributed by atoms with Crippen LogP contribution in [0.2, 0.25) is 0 Å². The number of carbonyl (C=O) groups is 2. The molecule has 0 aromatic rings. The molecular weight excluding hydrogens is 210 g/mol. The molecule has 1 fully saturated rings. The van der Waals surface area contributed by atoms with Crippen molar-refractivity contribution < 1.29 is 19.8 Å². The Morgan fingerprint density at radius 1 is 1.19 bits per heavy atom. The molecule has 2 amide bonds. The number of piperidine rings is 1. The number of carbonyl (C=O) groups excluding carboxylic acids is 2. The topological polar surface area (TPSA) is 77.8 Å². The maximum absolute atomic E-state index is 11.4. The average molecular weight is 229 g/mol. The number of aliphatic hydroxyl groups is 2. The Bertz CT molecular complexity index is 238. The highest BCUT2D eigenvalue weighted by atomic mass is 16.3. The molecule has 0 aromatic carbocycles. The fraction of sp³-hybridized carbons (Fsp3) is 0.818. The molecule has 0 spiro atoms. The Morgan fingerprint density at radius 3 is 2.38 bits per heavy atom. The molecule has 5 nitrogen and oxygen atoms in total. The van der Waals surface area contributed by atoms with E-state index in [4.69, 9.17) is 10.2 Å². The average Bonchev–Trinajstić information content (AvgIpc) is 2.27. The normalized spacial score (nSPS) is 19.0. The molecule has 16 heavy (non-hydrogen) atoms. The first kappa shape index (κ1) is 13.1. The molecule has 92 valence electrons. The van der Waals surface area contributed by atoms with E-state index in [2.05, 4.69) is 0 Å². The number of unbranched alkanes of at least 4 members (excludes halogenated alkanes) is 1. The minimum Gasteiger partial charge on any atom is -0.394 e. The number of rotatable bonds is 6. The zero-order chi connectivity index (χ0) is 12.0. The fourth-order valence-corrected chi connectivity index (χ4v) is 1.79. The van der Waals surface area contributed by atoms with E-state index in [9.17, 15) is 9.59 Å². The van der Waals surface area contributed by atoms with Crippen LogP contribution in [0.15, 0.2) is 0 Å². The van der Waals surface area contributed by atoms with Crippen molar-refractivity contribution in [3.63, 3.8) is 0 Å². The number of aliphatic hydroxyl groups excluding tert-OH is 2. The molecule has 1 atom stereocenters.